The highest BCUT2D eigenvalue weighted by Gasteiger charge is 2.13. The third-order valence-electron chi connectivity index (χ3n) is 5.42. The molecule has 31 heavy (non-hydrogen) atoms. The van der Waals surface area contributed by atoms with Crippen LogP contribution in [-0.2, 0) is 12.8 Å². The van der Waals surface area contributed by atoms with E-state index in [4.69, 9.17) is 0 Å². The van der Waals surface area contributed by atoms with Crippen LogP contribution in [0.3, 0.4) is 0 Å². The first-order valence-electron chi connectivity index (χ1n) is 10.4. The van der Waals surface area contributed by atoms with Crippen molar-refractivity contribution in [1.82, 2.24) is 15.0 Å². The average Bonchev–Trinajstić information content (AvgIpc) is 3.26. The maximum atomic E-state index is 4.56. The topological polar surface area (TPSA) is 50.7 Å². The Morgan fingerprint density at radius 3 is 2.26 bits per heavy atom. The molecule has 0 saturated carbocycles. The number of hydrogen-bond donors (Lipinski definition) is 1. The number of hydrogen-bond acceptors (Lipinski definition) is 5. The molecule has 0 aliphatic rings. The first-order chi connectivity index (χ1) is 15.3. The summed E-state index contributed by atoms with van der Waals surface area (Å²) in [7, 11) is 0. The Bertz CT molecular complexity index is 1290. The minimum absolute atomic E-state index is 0.836. The summed E-state index contributed by atoms with van der Waals surface area (Å²) in [6.45, 7) is 2.17. The number of aryl methyl sites for hydroxylation is 1. The maximum absolute atomic E-state index is 4.56. The molecule has 0 radical (unpaired) electrons. The molecule has 152 valence electrons. The van der Waals surface area contributed by atoms with Crippen LogP contribution in [0.1, 0.15) is 23.6 Å². The highest BCUT2D eigenvalue weighted by atomic mass is 32.1. The van der Waals surface area contributed by atoms with Crippen LogP contribution in [0.5, 0.6) is 0 Å². The van der Waals surface area contributed by atoms with E-state index in [9.17, 15) is 0 Å². The van der Waals surface area contributed by atoms with Crippen molar-refractivity contribution >= 4 is 33.1 Å². The van der Waals surface area contributed by atoms with E-state index in [0.29, 0.717) is 0 Å². The maximum Gasteiger partial charge on any atom is 0.143 e. The van der Waals surface area contributed by atoms with Crippen molar-refractivity contribution in [2.75, 3.05) is 5.32 Å². The molecule has 5 aromatic rings. The van der Waals surface area contributed by atoms with Gasteiger partial charge in [-0.2, -0.15) is 0 Å². The van der Waals surface area contributed by atoms with E-state index < -0.39 is 0 Å². The van der Waals surface area contributed by atoms with Gasteiger partial charge in [0.25, 0.3) is 0 Å². The number of benzene rings is 2. The second-order valence-corrected chi connectivity index (χ2v) is 8.31. The lowest BCUT2D eigenvalue weighted by Crippen LogP contribution is -1.96. The van der Waals surface area contributed by atoms with Crippen LogP contribution < -0.4 is 5.32 Å². The summed E-state index contributed by atoms with van der Waals surface area (Å²) in [5.74, 6) is 0.836. The van der Waals surface area contributed by atoms with Crippen molar-refractivity contribution in [3.05, 3.63) is 101 Å². The van der Waals surface area contributed by atoms with Gasteiger partial charge >= 0.3 is 0 Å². The zero-order chi connectivity index (χ0) is 21.0. The number of aromatic nitrogens is 3. The Labute approximate surface area is 185 Å². The van der Waals surface area contributed by atoms with Crippen molar-refractivity contribution in [3.8, 4) is 11.1 Å². The smallest absolute Gasteiger partial charge is 0.143 e. The van der Waals surface area contributed by atoms with Crippen LogP contribution in [0.25, 0.3) is 21.3 Å². The standard InChI is InChI=1S/C26H22N4S/c1-2-18-3-7-21(8-4-18)23-16-31-26-24(23)25(28-17-29-26)30-22-9-5-19(6-10-22)15-20-11-13-27-14-12-20/h3-14,16-17H,2,15H2,1H3,(H,28,29,30). The predicted molar refractivity (Wildman–Crippen MR) is 129 cm³/mol. The number of fused-ring (bicyclic) bond motifs is 1. The molecule has 5 heteroatoms. The molecule has 0 aliphatic carbocycles. The Morgan fingerprint density at radius 1 is 0.806 bits per heavy atom. The zero-order valence-corrected chi connectivity index (χ0v) is 18.1. The lowest BCUT2D eigenvalue weighted by atomic mass is 10.0. The zero-order valence-electron chi connectivity index (χ0n) is 17.2. The number of nitrogens with one attached hydrogen (secondary N) is 1. The van der Waals surface area contributed by atoms with Crippen molar-refractivity contribution in [2.24, 2.45) is 0 Å². The van der Waals surface area contributed by atoms with Crippen LogP contribution in [0.4, 0.5) is 11.5 Å². The quantitative estimate of drug-likeness (QED) is 0.333. The van der Waals surface area contributed by atoms with Gasteiger partial charge in [0.15, 0.2) is 0 Å². The lowest BCUT2D eigenvalue weighted by Gasteiger charge is -2.10. The van der Waals surface area contributed by atoms with Crippen LogP contribution in [0.15, 0.2) is 84.8 Å². The SMILES string of the molecule is CCc1ccc(-c2csc3ncnc(Nc4ccc(Cc5ccncc5)cc4)c23)cc1. The fraction of sp³-hybridized carbons (Fsp3) is 0.115. The number of anilines is 2. The highest BCUT2D eigenvalue weighted by Crippen LogP contribution is 2.37. The van der Waals surface area contributed by atoms with E-state index in [1.54, 1.807) is 17.7 Å². The fourth-order valence-corrected chi connectivity index (χ4v) is 4.60. The predicted octanol–water partition coefficient (Wildman–Crippen LogP) is 6.65. The molecule has 3 heterocycles. The molecule has 3 aromatic heterocycles. The molecule has 1 N–H and O–H groups in total. The molecule has 0 spiro atoms. The Balaban J connectivity index is 1.43. The second kappa shape index (κ2) is 8.66. The second-order valence-electron chi connectivity index (χ2n) is 7.46. The van der Waals surface area contributed by atoms with Gasteiger partial charge in [0, 0.05) is 29.0 Å². The van der Waals surface area contributed by atoms with Crippen LogP contribution >= 0.6 is 11.3 Å². The van der Waals surface area contributed by atoms with Gasteiger partial charge in [0.1, 0.15) is 17.0 Å². The molecule has 2 aromatic carbocycles. The summed E-state index contributed by atoms with van der Waals surface area (Å²) in [5, 5.41) is 6.74. The van der Waals surface area contributed by atoms with E-state index in [-0.39, 0.29) is 0 Å². The average molecular weight is 423 g/mol. The molecule has 0 saturated heterocycles. The van der Waals surface area contributed by atoms with Gasteiger partial charge in [-0.15, -0.1) is 11.3 Å². The molecule has 0 atom stereocenters. The van der Waals surface area contributed by atoms with E-state index in [1.165, 1.54) is 27.8 Å². The summed E-state index contributed by atoms with van der Waals surface area (Å²) >= 11 is 1.65. The molecule has 4 nitrogen and oxygen atoms in total. The molecule has 0 unspecified atom stereocenters. The summed E-state index contributed by atoms with van der Waals surface area (Å²) in [6.07, 6.45) is 7.23. The number of pyridine rings is 1. The van der Waals surface area contributed by atoms with E-state index >= 15 is 0 Å². The van der Waals surface area contributed by atoms with Gasteiger partial charge in [-0.25, -0.2) is 9.97 Å². The molecular weight excluding hydrogens is 400 g/mol. The van der Waals surface area contributed by atoms with E-state index in [2.05, 4.69) is 93.2 Å². The molecule has 0 aliphatic heterocycles. The van der Waals surface area contributed by atoms with Crippen molar-refractivity contribution in [3.63, 3.8) is 0 Å². The Morgan fingerprint density at radius 2 is 1.52 bits per heavy atom. The molecule has 0 bridgehead atoms. The summed E-state index contributed by atoms with van der Waals surface area (Å²) in [6, 6.07) is 21.4. The van der Waals surface area contributed by atoms with Crippen molar-refractivity contribution in [2.45, 2.75) is 19.8 Å². The van der Waals surface area contributed by atoms with Crippen molar-refractivity contribution in [1.29, 1.82) is 0 Å². The monoisotopic (exact) mass is 422 g/mol. The van der Waals surface area contributed by atoms with Gasteiger partial charge in [0.05, 0.1) is 5.39 Å². The molecular formula is C26H22N4S. The first-order valence-corrected chi connectivity index (χ1v) is 11.2. The van der Waals surface area contributed by atoms with Gasteiger partial charge in [-0.3, -0.25) is 4.98 Å². The summed E-state index contributed by atoms with van der Waals surface area (Å²) in [5.41, 5.74) is 7.22. The molecule has 0 fully saturated rings. The molecule has 5 rings (SSSR count). The highest BCUT2D eigenvalue weighted by molar-refractivity contribution is 7.17. The number of thiophene rings is 1. The third-order valence-corrected chi connectivity index (χ3v) is 6.30. The van der Waals surface area contributed by atoms with Gasteiger partial charge < -0.3 is 5.32 Å². The normalized spacial score (nSPS) is 11.0. The van der Waals surface area contributed by atoms with E-state index in [1.807, 2.05) is 12.4 Å². The number of nitrogens with zero attached hydrogens (tertiary/aromatic N) is 3. The number of rotatable bonds is 6. The summed E-state index contributed by atoms with van der Waals surface area (Å²) < 4.78 is 0. The third kappa shape index (κ3) is 4.18. The minimum Gasteiger partial charge on any atom is -0.340 e. The fourth-order valence-electron chi connectivity index (χ4n) is 3.68. The Hall–Kier alpha value is -3.57. The van der Waals surface area contributed by atoms with Crippen LogP contribution in [-0.4, -0.2) is 15.0 Å². The largest absolute Gasteiger partial charge is 0.340 e. The summed E-state index contributed by atoms with van der Waals surface area (Å²) in [4.78, 5) is 14.1. The van der Waals surface area contributed by atoms with Gasteiger partial charge in [-0.05, 0) is 59.4 Å². The van der Waals surface area contributed by atoms with Gasteiger partial charge in [-0.1, -0.05) is 43.3 Å². The van der Waals surface area contributed by atoms with E-state index in [0.717, 1.165) is 34.6 Å². The Kier molecular flexibility index (Phi) is 5.42. The molecule has 0 amide bonds. The lowest BCUT2D eigenvalue weighted by molar-refractivity contribution is 1.14. The van der Waals surface area contributed by atoms with Crippen LogP contribution in [0.2, 0.25) is 0 Å². The van der Waals surface area contributed by atoms with Crippen LogP contribution in [0, 0.1) is 0 Å². The van der Waals surface area contributed by atoms with Gasteiger partial charge in [0.2, 0.25) is 0 Å². The minimum atomic E-state index is 0.836. The van der Waals surface area contributed by atoms with Crippen molar-refractivity contribution < 1.29 is 0 Å². The first kappa shape index (κ1) is 19.4.